The fourth-order valence-corrected chi connectivity index (χ4v) is 3.01. The predicted octanol–water partition coefficient (Wildman–Crippen LogP) is 0.895. The molecule has 2 heterocycles. The van der Waals surface area contributed by atoms with Crippen LogP contribution in [0, 0.1) is 0 Å². The van der Waals surface area contributed by atoms with E-state index in [1.165, 1.54) is 43.8 Å². The van der Waals surface area contributed by atoms with Gasteiger partial charge in [0.2, 0.25) is 0 Å². The molecule has 142 valence electrons. The van der Waals surface area contributed by atoms with E-state index >= 15 is 0 Å². The first-order chi connectivity index (χ1) is 12.8. The molecule has 9 heteroatoms. The van der Waals surface area contributed by atoms with Crippen molar-refractivity contribution < 1.29 is 14.3 Å². The number of imidazole rings is 1. The van der Waals surface area contributed by atoms with Crippen LogP contribution in [0.2, 0.25) is 0 Å². The molecule has 0 N–H and O–H groups in total. The van der Waals surface area contributed by atoms with Crippen LogP contribution in [0.5, 0.6) is 11.5 Å². The Morgan fingerprint density at radius 2 is 1.74 bits per heavy atom. The Morgan fingerprint density at radius 3 is 2.37 bits per heavy atom. The van der Waals surface area contributed by atoms with Gasteiger partial charge in [-0.3, -0.25) is 18.7 Å². The van der Waals surface area contributed by atoms with Gasteiger partial charge in [0.25, 0.3) is 5.56 Å². The summed E-state index contributed by atoms with van der Waals surface area (Å²) >= 11 is 0. The lowest BCUT2D eigenvalue weighted by molar-refractivity contribution is 0.0936. The van der Waals surface area contributed by atoms with Crippen molar-refractivity contribution in [2.75, 3.05) is 14.2 Å². The largest absolute Gasteiger partial charge is 0.493 e. The number of nitrogens with zero attached hydrogens (tertiary/aromatic N) is 4. The summed E-state index contributed by atoms with van der Waals surface area (Å²) in [4.78, 5) is 41.8. The standard InChI is InChI=1S/C18H20N4O5/c1-10(15(23)11-6-7-12(26-4)13(8-11)27-5)22-9-19-16-14(22)17(24)21(3)18(25)20(16)2/h6-10H,1-5H3/t10-/m0/s1. The van der Waals surface area contributed by atoms with Crippen LogP contribution in [0.1, 0.15) is 23.3 Å². The van der Waals surface area contributed by atoms with E-state index in [2.05, 4.69) is 4.98 Å². The van der Waals surface area contributed by atoms with Crippen molar-refractivity contribution in [3.05, 3.63) is 50.9 Å². The second kappa shape index (κ2) is 6.75. The van der Waals surface area contributed by atoms with Crippen molar-refractivity contribution in [1.29, 1.82) is 0 Å². The third kappa shape index (κ3) is 2.80. The lowest BCUT2D eigenvalue weighted by Crippen LogP contribution is -2.38. The van der Waals surface area contributed by atoms with Gasteiger partial charge in [0.05, 0.1) is 26.6 Å². The SMILES string of the molecule is COc1ccc(C(=O)[C@H](C)n2cnc3c2c(=O)n(C)c(=O)n3C)cc1OC. The highest BCUT2D eigenvalue weighted by Gasteiger charge is 2.23. The summed E-state index contributed by atoms with van der Waals surface area (Å²) in [6.45, 7) is 1.67. The number of ether oxygens (including phenoxy) is 2. The Hall–Kier alpha value is -3.36. The van der Waals surface area contributed by atoms with Crippen molar-refractivity contribution in [3.8, 4) is 11.5 Å². The van der Waals surface area contributed by atoms with Gasteiger partial charge in [-0.1, -0.05) is 0 Å². The number of carbonyl (C=O) groups excluding carboxylic acids is 1. The topological polar surface area (TPSA) is 97.4 Å². The maximum absolute atomic E-state index is 13.0. The number of hydrogen-bond acceptors (Lipinski definition) is 6. The van der Waals surface area contributed by atoms with Crippen LogP contribution in [0.15, 0.2) is 34.1 Å². The summed E-state index contributed by atoms with van der Waals surface area (Å²) in [5, 5.41) is 0. The second-order valence-electron chi connectivity index (χ2n) is 6.14. The van der Waals surface area contributed by atoms with Crippen molar-refractivity contribution in [1.82, 2.24) is 18.7 Å². The van der Waals surface area contributed by atoms with Crippen LogP contribution in [0.3, 0.4) is 0 Å². The van der Waals surface area contributed by atoms with Gasteiger partial charge >= 0.3 is 5.69 Å². The number of Topliss-reactive ketones (excluding diaryl/α,β-unsaturated/α-hetero) is 1. The molecular formula is C18H20N4O5. The van der Waals surface area contributed by atoms with Gasteiger partial charge < -0.3 is 14.0 Å². The van der Waals surface area contributed by atoms with E-state index in [4.69, 9.17) is 9.47 Å². The number of aromatic nitrogens is 4. The van der Waals surface area contributed by atoms with Gasteiger partial charge in [-0.15, -0.1) is 0 Å². The van der Waals surface area contributed by atoms with Gasteiger partial charge in [-0.05, 0) is 25.1 Å². The van der Waals surface area contributed by atoms with Crippen LogP contribution < -0.4 is 20.7 Å². The van der Waals surface area contributed by atoms with E-state index in [9.17, 15) is 14.4 Å². The Kier molecular flexibility index (Phi) is 4.61. The number of rotatable bonds is 5. The van der Waals surface area contributed by atoms with Gasteiger partial charge in [0.15, 0.2) is 28.4 Å². The molecule has 0 bridgehead atoms. The number of hydrogen-bond donors (Lipinski definition) is 0. The molecular weight excluding hydrogens is 352 g/mol. The molecule has 1 aromatic carbocycles. The van der Waals surface area contributed by atoms with E-state index in [1.807, 2.05) is 0 Å². The van der Waals surface area contributed by atoms with Crippen LogP contribution in [0.25, 0.3) is 11.2 Å². The van der Waals surface area contributed by atoms with E-state index in [0.717, 1.165) is 4.57 Å². The minimum atomic E-state index is -0.710. The average molecular weight is 372 g/mol. The van der Waals surface area contributed by atoms with Crippen LogP contribution in [0.4, 0.5) is 0 Å². The van der Waals surface area contributed by atoms with Gasteiger partial charge in [-0.25, -0.2) is 9.78 Å². The minimum Gasteiger partial charge on any atom is -0.493 e. The number of fused-ring (bicyclic) bond motifs is 1. The summed E-state index contributed by atoms with van der Waals surface area (Å²) in [6.07, 6.45) is 1.40. The van der Waals surface area contributed by atoms with E-state index in [-0.39, 0.29) is 16.9 Å². The highest BCUT2D eigenvalue weighted by Crippen LogP contribution is 2.29. The molecule has 3 aromatic rings. The Bertz CT molecular complexity index is 1150. The Balaban J connectivity index is 2.11. The first-order valence-electron chi connectivity index (χ1n) is 8.20. The first kappa shape index (κ1) is 18.4. The lowest BCUT2D eigenvalue weighted by Gasteiger charge is -2.15. The van der Waals surface area contributed by atoms with Crippen LogP contribution >= 0.6 is 0 Å². The number of methoxy groups -OCH3 is 2. The summed E-state index contributed by atoms with van der Waals surface area (Å²) in [7, 11) is 5.92. The van der Waals surface area contributed by atoms with Gasteiger partial charge in [-0.2, -0.15) is 0 Å². The summed E-state index contributed by atoms with van der Waals surface area (Å²) in [5.41, 5.74) is -0.145. The molecule has 9 nitrogen and oxygen atoms in total. The number of ketones is 1. The smallest absolute Gasteiger partial charge is 0.332 e. The summed E-state index contributed by atoms with van der Waals surface area (Å²) in [5.74, 6) is 0.717. The van der Waals surface area contributed by atoms with Crippen LogP contribution in [-0.4, -0.2) is 38.7 Å². The molecule has 0 radical (unpaired) electrons. The molecule has 0 saturated carbocycles. The first-order valence-corrected chi connectivity index (χ1v) is 8.20. The molecule has 0 aliphatic rings. The molecule has 0 aliphatic heterocycles. The molecule has 0 amide bonds. The van der Waals surface area contributed by atoms with Crippen LogP contribution in [-0.2, 0) is 14.1 Å². The molecule has 0 fully saturated rings. The normalized spacial score (nSPS) is 12.2. The van der Waals surface area contributed by atoms with Gasteiger partial charge in [0.1, 0.15) is 0 Å². The molecule has 3 rings (SSSR count). The Morgan fingerprint density at radius 1 is 1.07 bits per heavy atom. The monoisotopic (exact) mass is 372 g/mol. The fourth-order valence-electron chi connectivity index (χ4n) is 3.01. The molecule has 1 atom stereocenters. The maximum Gasteiger partial charge on any atom is 0.332 e. The fraction of sp³-hybridized carbons (Fsp3) is 0.333. The third-order valence-corrected chi connectivity index (χ3v) is 4.64. The molecule has 0 spiro atoms. The summed E-state index contributed by atoms with van der Waals surface area (Å²) < 4.78 is 14.2. The van der Waals surface area contributed by atoms with E-state index < -0.39 is 17.3 Å². The third-order valence-electron chi connectivity index (χ3n) is 4.64. The summed E-state index contributed by atoms with van der Waals surface area (Å²) in [6, 6.07) is 4.16. The van der Waals surface area contributed by atoms with E-state index in [1.54, 1.807) is 25.1 Å². The number of carbonyl (C=O) groups is 1. The van der Waals surface area contributed by atoms with Crippen molar-refractivity contribution >= 4 is 16.9 Å². The molecule has 0 aliphatic carbocycles. The molecule has 27 heavy (non-hydrogen) atoms. The second-order valence-corrected chi connectivity index (χ2v) is 6.14. The molecule has 0 unspecified atom stereocenters. The van der Waals surface area contributed by atoms with Crippen molar-refractivity contribution in [2.45, 2.75) is 13.0 Å². The highest BCUT2D eigenvalue weighted by atomic mass is 16.5. The maximum atomic E-state index is 13.0. The number of benzene rings is 1. The Labute approximate surface area is 154 Å². The lowest BCUT2D eigenvalue weighted by atomic mass is 10.0. The average Bonchev–Trinajstić information content (AvgIpc) is 3.14. The zero-order chi connectivity index (χ0) is 19.9. The van der Waals surface area contributed by atoms with Crippen molar-refractivity contribution in [3.63, 3.8) is 0 Å². The predicted molar refractivity (Wildman–Crippen MR) is 98.8 cm³/mol. The molecule has 2 aromatic heterocycles. The molecule has 0 saturated heterocycles. The minimum absolute atomic E-state index is 0.195. The number of aryl methyl sites for hydroxylation is 1. The highest BCUT2D eigenvalue weighted by molar-refractivity contribution is 6.00. The zero-order valence-corrected chi connectivity index (χ0v) is 15.7. The van der Waals surface area contributed by atoms with Crippen molar-refractivity contribution in [2.24, 2.45) is 14.1 Å². The zero-order valence-electron chi connectivity index (χ0n) is 15.7. The van der Waals surface area contributed by atoms with E-state index in [0.29, 0.717) is 17.1 Å². The van der Waals surface area contributed by atoms with Gasteiger partial charge in [0, 0.05) is 19.7 Å². The quantitative estimate of drug-likeness (QED) is 0.617.